The summed E-state index contributed by atoms with van der Waals surface area (Å²) in [6, 6.07) is 0. The van der Waals surface area contributed by atoms with E-state index in [1.165, 1.54) is 83.5 Å². The SMILES string of the molecule is CCCCCCCCCCCCCCCCCC(=O)OC(CO)CO.[Na+]. The Kier molecular flexibility index (Phi) is 25.8. The second-order valence-electron chi connectivity index (χ2n) is 7.18. The third-order valence-electron chi connectivity index (χ3n) is 4.69. The third-order valence-corrected chi connectivity index (χ3v) is 4.69. The zero-order valence-corrected chi connectivity index (χ0v) is 19.5. The van der Waals surface area contributed by atoms with Gasteiger partial charge in [-0.2, -0.15) is 0 Å². The number of ether oxygens (including phenoxy) is 1. The van der Waals surface area contributed by atoms with Crippen molar-refractivity contribution in [3.63, 3.8) is 0 Å². The minimum atomic E-state index is -0.760. The predicted octanol–water partition coefficient (Wildman–Crippen LogP) is 2.15. The minimum absolute atomic E-state index is 0. The molecule has 0 aliphatic heterocycles. The Morgan fingerprint density at radius 2 is 1.04 bits per heavy atom. The number of hydrogen-bond acceptors (Lipinski definition) is 4. The number of unbranched alkanes of at least 4 members (excludes halogenated alkanes) is 14. The molecule has 0 aliphatic carbocycles. The van der Waals surface area contributed by atoms with E-state index in [2.05, 4.69) is 6.92 Å². The molecule has 0 amide bonds. The third kappa shape index (κ3) is 20.7. The van der Waals surface area contributed by atoms with Crippen LogP contribution >= 0.6 is 0 Å². The number of carbonyl (C=O) groups excluding carboxylic acids is 1. The van der Waals surface area contributed by atoms with Gasteiger partial charge in [-0.05, 0) is 6.42 Å². The Morgan fingerprint density at radius 1 is 0.692 bits per heavy atom. The van der Waals surface area contributed by atoms with Crippen molar-refractivity contribution in [3.05, 3.63) is 0 Å². The van der Waals surface area contributed by atoms with Crippen LogP contribution in [-0.2, 0) is 9.53 Å². The number of rotatable bonds is 19. The molecule has 0 saturated heterocycles. The maximum Gasteiger partial charge on any atom is 1.00 e. The van der Waals surface area contributed by atoms with Gasteiger partial charge in [-0.3, -0.25) is 4.79 Å². The van der Waals surface area contributed by atoms with Gasteiger partial charge in [0.1, 0.15) is 6.10 Å². The van der Waals surface area contributed by atoms with Crippen molar-refractivity contribution >= 4 is 5.97 Å². The molecule has 0 bridgehead atoms. The molecule has 0 heterocycles. The normalized spacial score (nSPS) is 10.8. The van der Waals surface area contributed by atoms with Gasteiger partial charge in [0.25, 0.3) is 0 Å². The molecule has 0 radical (unpaired) electrons. The van der Waals surface area contributed by atoms with E-state index in [-0.39, 0.29) is 48.7 Å². The van der Waals surface area contributed by atoms with E-state index in [4.69, 9.17) is 14.9 Å². The van der Waals surface area contributed by atoms with Crippen LogP contribution in [0.1, 0.15) is 110 Å². The molecule has 0 aromatic heterocycles. The van der Waals surface area contributed by atoms with Crippen molar-refractivity contribution in [1.29, 1.82) is 0 Å². The molecule has 0 aromatic carbocycles. The van der Waals surface area contributed by atoms with E-state index in [9.17, 15) is 4.79 Å². The van der Waals surface area contributed by atoms with Gasteiger partial charge in [-0.15, -0.1) is 0 Å². The van der Waals surface area contributed by atoms with Crippen LogP contribution < -0.4 is 29.6 Å². The summed E-state index contributed by atoms with van der Waals surface area (Å²) in [6.45, 7) is 1.63. The molecule has 0 fully saturated rings. The average molecular weight is 382 g/mol. The predicted molar refractivity (Wildman–Crippen MR) is 104 cm³/mol. The summed E-state index contributed by atoms with van der Waals surface area (Å²) in [4.78, 5) is 11.5. The van der Waals surface area contributed by atoms with Gasteiger partial charge in [0.05, 0.1) is 13.2 Å². The van der Waals surface area contributed by atoms with Crippen molar-refractivity contribution in [2.45, 2.75) is 116 Å². The van der Waals surface area contributed by atoms with Gasteiger partial charge >= 0.3 is 35.5 Å². The van der Waals surface area contributed by atoms with Crippen LogP contribution in [0.2, 0.25) is 0 Å². The van der Waals surface area contributed by atoms with Crippen molar-refractivity contribution < 1.29 is 49.3 Å². The Morgan fingerprint density at radius 3 is 1.38 bits per heavy atom. The summed E-state index contributed by atoms with van der Waals surface area (Å²) < 4.78 is 4.93. The van der Waals surface area contributed by atoms with Crippen molar-refractivity contribution in [3.8, 4) is 0 Å². The molecule has 26 heavy (non-hydrogen) atoms. The molecule has 0 aromatic rings. The number of esters is 1. The Labute approximate surface area is 183 Å². The Hall–Kier alpha value is 0.390. The fourth-order valence-electron chi connectivity index (χ4n) is 3.02. The van der Waals surface area contributed by atoms with Crippen LogP contribution in [0.5, 0.6) is 0 Å². The zero-order chi connectivity index (χ0) is 18.6. The number of aliphatic hydroxyl groups is 2. The quantitative estimate of drug-likeness (QED) is 0.204. The van der Waals surface area contributed by atoms with E-state index in [0.29, 0.717) is 6.42 Å². The van der Waals surface area contributed by atoms with E-state index < -0.39 is 6.10 Å². The average Bonchev–Trinajstić information content (AvgIpc) is 2.62. The second-order valence-corrected chi connectivity index (χ2v) is 7.18. The number of carbonyl (C=O) groups is 1. The summed E-state index contributed by atoms with van der Waals surface area (Å²) in [5, 5.41) is 17.7. The molecular weight excluding hydrogens is 339 g/mol. The monoisotopic (exact) mass is 381 g/mol. The molecular formula is C21H42NaO4+. The van der Waals surface area contributed by atoms with E-state index in [1.54, 1.807) is 0 Å². The van der Waals surface area contributed by atoms with Gasteiger partial charge < -0.3 is 14.9 Å². The van der Waals surface area contributed by atoms with Crippen LogP contribution in [0.25, 0.3) is 0 Å². The smallest absolute Gasteiger partial charge is 0.457 e. The van der Waals surface area contributed by atoms with E-state index in [0.717, 1.165) is 12.8 Å². The molecule has 0 aliphatic rings. The van der Waals surface area contributed by atoms with Crippen molar-refractivity contribution in [2.24, 2.45) is 0 Å². The standard InChI is InChI=1S/C21H42O4.Na/c1-2-3-4-5-6-7-8-9-10-11-12-13-14-15-16-17-21(24)25-20(18-22)19-23;/h20,22-23H,2-19H2,1H3;/q;+1. The van der Waals surface area contributed by atoms with Gasteiger partial charge in [-0.1, -0.05) is 96.8 Å². The first kappa shape index (κ1) is 28.6. The largest absolute Gasteiger partial charge is 1.00 e. The molecule has 150 valence electrons. The van der Waals surface area contributed by atoms with Crippen LogP contribution in [0.15, 0.2) is 0 Å². The minimum Gasteiger partial charge on any atom is -0.457 e. The van der Waals surface area contributed by atoms with Crippen LogP contribution in [0.3, 0.4) is 0 Å². The zero-order valence-electron chi connectivity index (χ0n) is 17.5. The first-order valence-electron chi connectivity index (χ1n) is 10.7. The summed E-state index contributed by atoms with van der Waals surface area (Å²) in [7, 11) is 0. The number of hydrogen-bond donors (Lipinski definition) is 2. The van der Waals surface area contributed by atoms with Crippen LogP contribution in [0.4, 0.5) is 0 Å². The molecule has 5 heteroatoms. The Balaban J connectivity index is 0. The molecule has 0 spiro atoms. The van der Waals surface area contributed by atoms with Gasteiger partial charge in [0.15, 0.2) is 0 Å². The molecule has 0 unspecified atom stereocenters. The Bertz CT molecular complexity index is 283. The first-order valence-corrected chi connectivity index (χ1v) is 10.7. The summed E-state index contributed by atoms with van der Waals surface area (Å²) in [6.07, 6.45) is 19.1. The molecule has 0 saturated carbocycles. The topological polar surface area (TPSA) is 66.8 Å². The molecule has 2 N–H and O–H groups in total. The van der Waals surface area contributed by atoms with Gasteiger partial charge in [-0.25, -0.2) is 0 Å². The van der Waals surface area contributed by atoms with Crippen molar-refractivity contribution in [1.82, 2.24) is 0 Å². The molecule has 0 rings (SSSR count). The maximum atomic E-state index is 11.5. The summed E-state index contributed by atoms with van der Waals surface area (Å²) >= 11 is 0. The van der Waals surface area contributed by atoms with Gasteiger partial charge in [0.2, 0.25) is 0 Å². The van der Waals surface area contributed by atoms with E-state index in [1.807, 2.05) is 0 Å². The maximum absolute atomic E-state index is 11.5. The van der Waals surface area contributed by atoms with Crippen molar-refractivity contribution in [2.75, 3.05) is 13.2 Å². The van der Waals surface area contributed by atoms with Crippen LogP contribution in [-0.4, -0.2) is 35.5 Å². The van der Waals surface area contributed by atoms with Crippen LogP contribution in [0, 0.1) is 0 Å². The molecule has 4 nitrogen and oxygen atoms in total. The van der Waals surface area contributed by atoms with E-state index >= 15 is 0 Å². The molecule has 0 atom stereocenters. The fraction of sp³-hybridized carbons (Fsp3) is 0.952. The second kappa shape index (κ2) is 23.4. The summed E-state index contributed by atoms with van der Waals surface area (Å²) in [5.41, 5.74) is 0. The number of aliphatic hydroxyl groups excluding tert-OH is 2. The van der Waals surface area contributed by atoms with Gasteiger partial charge in [0, 0.05) is 6.42 Å². The summed E-state index contributed by atoms with van der Waals surface area (Å²) in [5.74, 6) is -0.317. The first-order chi connectivity index (χ1) is 12.2. The fourth-order valence-corrected chi connectivity index (χ4v) is 3.02.